The average Bonchev–Trinajstić information content (AvgIpc) is 2.65. The molecule has 0 heterocycles. The Morgan fingerprint density at radius 2 is 1.78 bits per heavy atom. The Hall–Kier alpha value is -3.22. The molecule has 0 fully saturated rings. The van der Waals surface area contributed by atoms with Gasteiger partial charge in [-0.1, -0.05) is 36.4 Å². The van der Waals surface area contributed by atoms with Crippen molar-refractivity contribution in [2.75, 3.05) is 13.2 Å². The van der Waals surface area contributed by atoms with E-state index in [4.69, 9.17) is 9.47 Å². The van der Waals surface area contributed by atoms with Crippen molar-refractivity contribution in [3.63, 3.8) is 0 Å². The van der Waals surface area contributed by atoms with E-state index in [9.17, 15) is 18.8 Å². The number of nitrogens with one attached hydrogen (secondary N) is 1. The van der Waals surface area contributed by atoms with Gasteiger partial charge in [0.2, 0.25) is 0 Å². The van der Waals surface area contributed by atoms with E-state index >= 15 is 0 Å². The number of hydrogen-bond donors (Lipinski definition) is 1. The van der Waals surface area contributed by atoms with Gasteiger partial charge in [0.05, 0.1) is 6.04 Å². The molecule has 2 aromatic carbocycles. The fraction of sp³-hybridized carbons (Fsp3) is 0.250. The molecule has 0 aliphatic heterocycles. The van der Waals surface area contributed by atoms with Gasteiger partial charge in [-0.3, -0.25) is 9.59 Å². The highest BCUT2D eigenvalue weighted by atomic mass is 19.1. The van der Waals surface area contributed by atoms with Crippen molar-refractivity contribution in [2.45, 2.75) is 19.4 Å². The minimum atomic E-state index is -0.781. The van der Waals surface area contributed by atoms with E-state index in [0.29, 0.717) is 6.42 Å². The van der Waals surface area contributed by atoms with Crippen LogP contribution in [0.15, 0.2) is 54.6 Å². The number of ether oxygens (including phenoxy) is 2. The number of rotatable bonds is 9. The highest BCUT2D eigenvalue weighted by Gasteiger charge is 2.18. The normalized spacial score (nSPS) is 11.3. The molecule has 1 atom stereocenters. The number of carbonyl (C=O) groups excluding carboxylic acids is 3. The number of Topliss-reactive ketones (excluding diaryl/α,β-unsaturated/α-hetero) is 1. The van der Waals surface area contributed by atoms with Crippen molar-refractivity contribution in [1.29, 1.82) is 0 Å². The van der Waals surface area contributed by atoms with Gasteiger partial charge in [-0.2, -0.15) is 0 Å². The van der Waals surface area contributed by atoms with E-state index < -0.39 is 36.9 Å². The standard InChI is InChI=1S/C20H20FNO5/c1-14(23)18(10-15-6-3-2-4-7-15)22-19(24)12-27-20(25)13-26-17-9-5-8-16(21)11-17/h2-9,11,18H,10,12-13H2,1H3,(H,22,24)/t18-/m1/s1. The summed E-state index contributed by atoms with van der Waals surface area (Å²) < 4.78 is 22.9. The van der Waals surface area contributed by atoms with Crippen LogP contribution in [-0.2, 0) is 25.5 Å². The molecule has 0 saturated heterocycles. The van der Waals surface area contributed by atoms with Crippen molar-refractivity contribution < 1.29 is 28.2 Å². The first kappa shape index (κ1) is 20.1. The third kappa shape index (κ3) is 7.27. The van der Waals surface area contributed by atoms with Crippen LogP contribution in [0.5, 0.6) is 5.75 Å². The summed E-state index contributed by atoms with van der Waals surface area (Å²) >= 11 is 0. The first-order valence-corrected chi connectivity index (χ1v) is 8.32. The lowest BCUT2D eigenvalue weighted by atomic mass is 10.0. The highest BCUT2D eigenvalue weighted by Crippen LogP contribution is 2.11. The average molecular weight is 373 g/mol. The molecule has 27 heavy (non-hydrogen) atoms. The lowest BCUT2D eigenvalue weighted by molar-refractivity contribution is -0.150. The quantitative estimate of drug-likeness (QED) is 0.681. The van der Waals surface area contributed by atoms with Crippen LogP contribution in [0.2, 0.25) is 0 Å². The maximum atomic E-state index is 13.0. The molecule has 7 heteroatoms. The van der Waals surface area contributed by atoms with Gasteiger partial charge in [-0.15, -0.1) is 0 Å². The van der Waals surface area contributed by atoms with Gasteiger partial charge < -0.3 is 14.8 Å². The zero-order valence-corrected chi connectivity index (χ0v) is 14.8. The van der Waals surface area contributed by atoms with Crippen LogP contribution in [0.4, 0.5) is 4.39 Å². The summed E-state index contributed by atoms with van der Waals surface area (Å²) in [5, 5.41) is 2.55. The Bertz CT molecular complexity index is 794. The zero-order chi connectivity index (χ0) is 19.6. The molecule has 0 aliphatic rings. The van der Waals surface area contributed by atoms with Crippen LogP contribution >= 0.6 is 0 Å². The molecule has 0 aromatic heterocycles. The number of ketones is 1. The Balaban J connectivity index is 1.76. The number of amides is 1. The van der Waals surface area contributed by atoms with E-state index in [2.05, 4.69) is 5.32 Å². The van der Waals surface area contributed by atoms with Crippen LogP contribution < -0.4 is 10.1 Å². The smallest absolute Gasteiger partial charge is 0.344 e. The molecule has 0 bridgehead atoms. The maximum absolute atomic E-state index is 13.0. The minimum absolute atomic E-state index is 0.177. The fourth-order valence-corrected chi connectivity index (χ4v) is 2.27. The number of benzene rings is 2. The monoisotopic (exact) mass is 373 g/mol. The summed E-state index contributed by atoms with van der Waals surface area (Å²) in [5.74, 6) is -1.89. The molecule has 2 rings (SSSR count). The van der Waals surface area contributed by atoms with Crippen LogP contribution in [0, 0.1) is 5.82 Å². The molecule has 2 aromatic rings. The summed E-state index contributed by atoms with van der Waals surface area (Å²) in [7, 11) is 0. The molecule has 0 spiro atoms. The number of esters is 1. The van der Waals surface area contributed by atoms with Crippen molar-refractivity contribution in [3.05, 3.63) is 66.0 Å². The van der Waals surface area contributed by atoms with E-state index in [-0.39, 0.29) is 11.5 Å². The molecule has 0 aliphatic carbocycles. The van der Waals surface area contributed by atoms with Gasteiger partial charge >= 0.3 is 5.97 Å². The van der Waals surface area contributed by atoms with Gasteiger partial charge in [0, 0.05) is 6.07 Å². The van der Waals surface area contributed by atoms with Crippen molar-refractivity contribution in [1.82, 2.24) is 5.32 Å². The summed E-state index contributed by atoms with van der Waals surface area (Å²) in [5.41, 5.74) is 0.901. The Morgan fingerprint density at radius 3 is 2.44 bits per heavy atom. The van der Waals surface area contributed by atoms with Crippen LogP contribution in [0.3, 0.4) is 0 Å². The van der Waals surface area contributed by atoms with Gasteiger partial charge in [-0.05, 0) is 31.0 Å². The molecular weight excluding hydrogens is 353 g/mol. The number of hydrogen-bond acceptors (Lipinski definition) is 5. The van der Waals surface area contributed by atoms with Gasteiger partial charge in [0.25, 0.3) is 5.91 Å². The van der Waals surface area contributed by atoms with E-state index in [1.54, 1.807) is 0 Å². The third-order valence-electron chi connectivity index (χ3n) is 3.63. The number of carbonyl (C=O) groups is 3. The third-order valence-corrected chi connectivity index (χ3v) is 3.63. The lowest BCUT2D eigenvalue weighted by Crippen LogP contribution is -2.43. The highest BCUT2D eigenvalue weighted by molar-refractivity contribution is 5.88. The van der Waals surface area contributed by atoms with Crippen molar-refractivity contribution >= 4 is 17.7 Å². The Labute approximate surface area is 156 Å². The van der Waals surface area contributed by atoms with E-state index in [1.165, 1.54) is 25.1 Å². The Morgan fingerprint density at radius 1 is 1.04 bits per heavy atom. The van der Waals surface area contributed by atoms with Gasteiger partial charge in [0.15, 0.2) is 19.0 Å². The summed E-state index contributed by atoms with van der Waals surface area (Å²) in [6, 6.07) is 13.8. The van der Waals surface area contributed by atoms with Crippen LogP contribution in [0.1, 0.15) is 12.5 Å². The van der Waals surface area contributed by atoms with Crippen molar-refractivity contribution in [3.8, 4) is 5.75 Å². The minimum Gasteiger partial charge on any atom is -0.482 e. The first-order valence-electron chi connectivity index (χ1n) is 8.32. The lowest BCUT2D eigenvalue weighted by Gasteiger charge is -2.16. The molecule has 0 radical (unpaired) electrons. The largest absolute Gasteiger partial charge is 0.482 e. The van der Waals surface area contributed by atoms with Crippen LogP contribution in [-0.4, -0.2) is 36.9 Å². The van der Waals surface area contributed by atoms with Gasteiger partial charge in [-0.25, -0.2) is 9.18 Å². The van der Waals surface area contributed by atoms with E-state index in [0.717, 1.165) is 11.6 Å². The molecule has 0 saturated carbocycles. The second-order valence-electron chi connectivity index (χ2n) is 5.83. The summed E-state index contributed by atoms with van der Waals surface area (Å²) in [4.78, 5) is 35.3. The predicted octanol–water partition coefficient (Wildman–Crippen LogP) is 2.06. The SMILES string of the molecule is CC(=O)[C@@H](Cc1ccccc1)NC(=O)COC(=O)COc1cccc(F)c1. The first-order chi connectivity index (χ1) is 12.9. The topological polar surface area (TPSA) is 81.7 Å². The van der Waals surface area contributed by atoms with Crippen molar-refractivity contribution in [2.24, 2.45) is 0 Å². The molecular formula is C20H20FNO5. The molecule has 0 unspecified atom stereocenters. The summed E-state index contributed by atoms with van der Waals surface area (Å²) in [6.45, 7) is 0.382. The number of halogens is 1. The molecule has 1 amide bonds. The predicted molar refractivity (Wildman–Crippen MR) is 95.6 cm³/mol. The second kappa shape index (κ2) is 10.1. The van der Waals surface area contributed by atoms with Gasteiger partial charge in [0.1, 0.15) is 11.6 Å². The van der Waals surface area contributed by atoms with E-state index in [1.807, 2.05) is 30.3 Å². The summed E-state index contributed by atoms with van der Waals surface area (Å²) in [6.07, 6.45) is 0.346. The zero-order valence-electron chi connectivity index (χ0n) is 14.8. The Kier molecular flexibility index (Phi) is 7.49. The molecule has 1 N–H and O–H groups in total. The molecule has 142 valence electrons. The molecule has 6 nitrogen and oxygen atoms in total. The maximum Gasteiger partial charge on any atom is 0.344 e. The van der Waals surface area contributed by atoms with Crippen LogP contribution in [0.25, 0.3) is 0 Å². The second-order valence-corrected chi connectivity index (χ2v) is 5.83. The fourth-order valence-electron chi connectivity index (χ4n) is 2.27.